The molecule has 2 aromatic rings. The first-order valence-electron chi connectivity index (χ1n) is 9.31. The number of aliphatic imine (C=N–C) groups is 1. The van der Waals surface area contributed by atoms with Gasteiger partial charge in [-0.05, 0) is 56.9 Å². The molecule has 0 bridgehead atoms. The van der Waals surface area contributed by atoms with E-state index in [-0.39, 0.29) is 12.0 Å². The Kier molecular flexibility index (Phi) is 5.37. The molecule has 1 fully saturated rings. The topological polar surface area (TPSA) is 69.8 Å². The van der Waals surface area contributed by atoms with Crippen LogP contribution in [0, 0.1) is 6.92 Å². The maximum atomic E-state index is 10.6. The van der Waals surface area contributed by atoms with Gasteiger partial charge >= 0.3 is 0 Å². The predicted octanol–water partition coefficient (Wildman–Crippen LogP) is 3.08. The number of aryl methyl sites for hydroxylation is 1. The van der Waals surface area contributed by atoms with Crippen LogP contribution in [0.25, 0.3) is 0 Å². The number of aliphatic hydroxyl groups is 1. The monoisotopic (exact) mass is 355 g/mol. The SMILES string of the molecule is CCNC(=NCC(C)(O)c1ccco1)NCC1(c2ccccc2C)CC1. The average molecular weight is 355 g/mol. The lowest BCUT2D eigenvalue weighted by Gasteiger charge is -2.22. The molecule has 0 aliphatic heterocycles. The van der Waals surface area contributed by atoms with Crippen LogP contribution < -0.4 is 10.6 Å². The molecule has 1 aromatic carbocycles. The van der Waals surface area contributed by atoms with Gasteiger partial charge in [0.1, 0.15) is 11.4 Å². The van der Waals surface area contributed by atoms with Crippen LogP contribution in [0.3, 0.4) is 0 Å². The summed E-state index contributed by atoms with van der Waals surface area (Å²) in [7, 11) is 0. The quantitative estimate of drug-likeness (QED) is 0.527. The second kappa shape index (κ2) is 7.54. The van der Waals surface area contributed by atoms with E-state index < -0.39 is 5.60 Å². The Morgan fingerprint density at radius 3 is 2.62 bits per heavy atom. The minimum atomic E-state index is -1.13. The Balaban J connectivity index is 1.66. The number of benzene rings is 1. The van der Waals surface area contributed by atoms with E-state index in [2.05, 4.69) is 46.8 Å². The van der Waals surface area contributed by atoms with Gasteiger partial charge in [-0.1, -0.05) is 24.3 Å². The third-order valence-electron chi connectivity index (χ3n) is 5.11. The summed E-state index contributed by atoms with van der Waals surface area (Å²) in [6, 6.07) is 12.2. The van der Waals surface area contributed by atoms with E-state index in [4.69, 9.17) is 4.42 Å². The van der Waals surface area contributed by atoms with Crippen molar-refractivity contribution in [2.45, 2.75) is 44.6 Å². The molecule has 1 aliphatic rings. The molecule has 0 saturated heterocycles. The maximum absolute atomic E-state index is 10.6. The summed E-state index contributed by atoms with van der Waals surface area (Å²) >= 11 is 0. The highest BCUT2D eigenvalue weighted by atomic mass is 16.4. The molecule has 5 nitrogen and oxygen atoms in total. The van der Waals surface area contributed by atoms with Crippen LogP contribution in [-0.2, 0) is 11.0 Å². The third kappa shape index (κ3) is 4.10. The van der Waals surface area contributed by atoms with E-state index in [0.29, 0.717) is 5.76 Å². The molecule has 0 radical (unpaired) electrons. The zero-order chi connectivity index (χ0) is 18.6. The van der Waals surface area contributed by atoms with Crippen molar-refractivity contribution in [3.63, 3.8) is 0 Å². The highest BCUT2D eigenvalue weighted by Crippen LogP contribution is 2.48. The Morgan fingerprint density at radius 2 is 2.00 bits per heavy atom. The first-order chi connectivity index (χ1) is 12.5. The van der Waals surface area contributed by atoms with E-state index in [1.54, 1.807) is 25.3 Å². The summed E-state index contributed by atoms with van der Waals surface area (Å²) in [5, 5.41) is 17.3. The molecule has 0 amide bonds. The van der Waals surface area contributed by atoms with E-state index in [1.165, 1.54) is 24.0 Å². The van der Waals surface area contributed by atoms with Crippen LogP contribution in [0.2, 0.25) is 0 Å². The third-order valence-corrected chi connectivity index (χ3v) is 5.11. The summed E-state index contributed by atoms with van der Waals surface area (Å²) in [5.74, 6) is 1.25. The molecule has 3 N–H and O–H groups in total. The molecule has 26 heavy (non-hydrogen) atoms. The van der Waals surface area contributed by atoms with Crippen LogP contribution in [0.15, 0.2) is 52.1 Å². The van der Waals surface area contributed by atoms with Crippen LogP contribution in [-0.4, -0.2) is 30.7 Å². The van der Waals surface area contributed by atoms with Gasteiger partial charge in [-0.25, -0.2) is 4.99 Å². The fourth-order valence-corrected chi connectivity index (χ4v) is 3.35. The van der Waals surface area contributed by atoms with Gasteiger partial charge in [-0.3, -0.25) is 0 Å². The van der Waals surface area contributed by atoms with E-state index in [9.17, 15) is 5.11 Å². The van der Waals surface area contributed by atoms with Gasteiger partial charge in [0.25, 0.3) is 0 Å². The number of guanidine groups is 1. The van der Waals surface area contributed by atoms with Gasteiger partial charge < -0.3 is 20.2 Å². The van der Waals surface area contributed by atoms with Crippen LogP contribution >= 0.6 is 0 Å². The molecule has 1 atom stereocenters. The number of nitrogens with one attached hydrogen (secondary N) is 2. The van der Waals surface area contributed by atoms with Gasteiger partial charge in [-0.15, -0.1) is 0 Å². The van der Waals surface area contributed by atoms with Gasteiger partial charge in [-0.2, -0.15) is 0 Å². The second-order valence-electron chi connectivity index (χ2n) is 7.40. The Labute approximate surface area is 155 Å². The molecule has 140 valence electrons. The molecule has 0 spiro atoms. The van der Waals surface area contributed by atoms with E-state index >= 15 is 0 Å². The van der Waals surface area contributed by atoms with Crippen molar-refractivity contribution >= 4 is 5.96 Å². The molecule has 1 aliphatic carbocycles. The summed E-state index contributed by atoms with van der Waals surface area (Å²) in [6.45, 7) is 7.77. The molecular formula is C21H29N3O2. The van der Waals surface area contributed by atoms with Crippen molar-refractivity contribution in [3.05, 3.63) is 59.5 Å². The highest BCUT2D eigenvalue weighted by molar-refractivity contribution is 5.80. The van der Waals surface area contributed by atoms with Crippen molar-refractivity contribution in [2.75, 3.05) is 19.6 Å². The smallest absolute Gasteiger partial charge is 0.191 e. The minimum absolute atomic E-state index is 0.199. The van der Waals surface area contributed by atoms with Crippen LogP contribution in [0.4, 0.5) is 0 Å². The van der Waals surface area contributed by atoms with Gasteiger partial charge in [0.05, 0.1) is 12.8 Å². The number of furan rings is 1. The van der Waals surface area contributed by atoms with Crippen LogP contribution in [0.1, 0.15) is 43.6 Å². The van der Waals surface area contributed by atoms with Gasteiger partial charge in [0.2, 0.25) is 0 Å². The maximum Gasteiger partial charge on any atom is 0.191 e. The second-order valence-corrected chi connectivity index (χ2v) is 7.40. The van der Waals surface area contributed by atoms with Crippen molar-refractivity contribution in [1.29, 1.82) is 0 Å². The zero-order valence-electron chi connectivity index (χ0n) is 15.9. The van der Waals surface area contributed by atoms with E-state index in [1.807, 2.05) is 6.92 Å². The first kappa shape index (κ1) is 18.5. The molecule has 5 heteroatoms. The molecule has 1 aromatic heterocycles. The van der Waals surface area contributed by atoms with Crippen molar-refractivity contribution in [3.8, 4) is 0 Å². The average Bonchev–Trinajstić information content (AvgIpc) is 3.18. The number of nitrogens with zero attached hydrogens (tertiary/aromatic N) is 1. The summed E-state index contributed by atoms with van der Waals surface area (Å²) in [4.78, 5) is 4.57. The number of hydrogen-bond acceptors (Lipinski definition) is 3. The van der Waals surface area contributed by atoms with Crippen molar-refractivity contribution in [2.24, 2.45) is 4.99 Å². The van der Waals surface area contributed by atoms with Gasteiger partial charge in [0, 0.05) is 18.5 Å². The number of rotatable bonds is 7. The molecule has 1 heterocycles. The summed E-state index contributed by atoms with van der Waals surface area (Å²) < 4.78 is 5.33. The first-order valence-corrected chi connectivity index (χ1v) is 9.31. The highest BCUT2D eigenvalue weighted by Gasteiger charge is 2.44. The lowest BCUT2D eigenvalue weighted by atomic mass is 9.92. The minimum Gasteiger partial charge on any atom is -0.466 e. The normalized spacial score (nSPS) is 18.2. The van der Waals surface area contributed by atoms with Crippen LogP contribution in [0.5, 0.6) is 0 Å². The van der Waals surface area contributed by atoms with Gasteiger partial charge in [0.15, 0.2) is 5.96 Å². The lowest BCUT2D eigenvalue weighted by molar-refractivity contribution is 0.0437. The Morgan fingerprint density at radius 1 is 1.23 bits per heavy atom. The standard InChI is InChI=1S/C21H29N3O2/c1-4-22-19(23-14-20(3,25)18-10-7-13-26-18)24-15-21(11-12-21)17-9-6-5-8-16(17)2/h5-10,13,25H,4,11-12,14-15H2,1-3H3,(H2,22,23,24). The van der Waals surface area contributed by atoms with Crippen molar-refractivity contribution in [1.82, 2.24) is 10.6 Å². The molecule has 3 rings (SSSR count). The summed E-state index contributed by atoms with van der Waals surface area (Å²) in [5.41, 5.74) is 1.84. The molecular weight excluding hydrogens is 326 g/mol. The fourth-order valence-electron chi connectivity index (χ4n) is 3.35. The number of hydrogen-bond donors (Lipinski definition) is 3. The Hall–Kier alpha value is -2.27. The predicted molar refractivity (Wildman–Crippen MR) is 104 cm³/mol. The summed E-state index contributed by atoms with van der Waals surface area (Å²) in [6.07, 6.45) is 3.94. The zero-order valence-corrected chi connectivity index (χ0v) is 15.9. The molecule has 1 unspecified atom stereocenters. The van der Waals surface area contributed by atoms with E-state index in [0.717, 1.165) is 19.0 Å². The largest absolute Gasteiger partial charge is 0.466 e. The fraction of sp³-hybridized carbons (Fsp3) is 0.476. The Bertz CT molecular complexity index is 746. The van der Waals surface area contributed by atoms with Crippen molar-refractivity contribution < 1.29 is 9.52 Å². The lowest BCUT2D eigenvalue weighted by Crippen LogP contribution is -2.42. The molecule has 1 saturated carbocycles.